The normalized spacial score (nSPS) is 17.1. The Kier molecular flexibility index (Phi) is 8.84. The number of carbonyl (C=O) groups is 1. The number of nitrogens with zero attached hydrogens (tertiary/aromatic N) is 4. The number of amides is 2. The lowest BCUT2D eigenvalue weighted by Gasteiger charge is -2.21. The number of rotatable bonds is 9. The van der Waals surface area contributed by atoms with Crippen LogP contribution < -0.4 is 16.2 Å². The van der Waals surface area contributed by atoms with E-state index < -0.39 is 0 Å². The number of likely N-dealkylation sites (tertiary alicyclic amines) is 1. The molecule has 1 aliphatic heterocycles. The minimum Gasteiger partial charge on any atom is -0.383 e. The van der Waals surface area contributed by atoms with Gasteiger partial charge in [0.1, 0.15) is 11.6 Å². The number of ether oxygens (including phenoxy) is 1. The minimum atomic E-state index is -0.361. The van der Waals surface area contributed by atoms with Crippen LogP contribution in [-0.2, 0) is 4.74 Å². The van der Waals surface area contributed by atoms with E-state index in [1.165, 1.54) is 12.1 Å². The number of anilines is 1. The number of carbonyl (C=O) groups excluding carboxylic acids is 1. The molecule has 0 spiro atoms. The molecule has 5 rings (SSSR count). The van der Waals surface area contributed by atoms with Gasteiger partial charge in [-0.1, -0.05) is 30.3 Å². The first-order chi connectivity index (χ1) is 20.2. The van der Waals surface area contributed by atoms with E-state index in [1.54, 1.807) is 40.6 Å². The van der Waals surface area contributed by atoms with Crippen LogP contribution in [0.4, 0.5) is 15.0 Å². The Balaban J connectivity index is 1.45. The summed E-state index contributed by atoms with van der Waals surface area (Å²) in [6.45, 7) is 8.49. The summed E-state index contributed by atoms with van der Waals surface area (Å²) in [6, 6.07) is 18.8. The van der Waals surface area contributed by atoms with E-state index in [4.69, 9.17) is 9.84 Å². The second kappa shape index (κ2) is 12.7. The van der Waals surface area contributed by atoms with Gasteiger partial charge in [0.2, 0.25) is 0 Å². The molecule has 10 heteroatoms. The lowest BCUT2D eigenvalue weighted by atomic mass is 9.94. The first-order valence-corrected chi connectivity index (χ1v) is 14.2. The van der Waals surface area contributed by atoms with Gasteiger partial charge < -0.3 is 14.6 Å². The van der Waals surface area contributed by atoms with Crippen LogP contribution in [0.25, 0.3) is 16.9 Å². The molecule has 1 aliphatic rings. The van der Waals surface area contributed by atoms with E-state index in [-0.39, 0.29) is 35.4 Å². The highest BCUT2D eigenvalue weighted by Gasteiger charge is 2.35. The van der Waals surface area contributed by atoms with Crippen molar-refractivity contribution in [2.75, 3.05) is 38.7 Å². The maximum atomic E-state index is 13.7. The van der Waals surface area contributed by atoms with Gasteiger partial charge in [-0.25, -0.2) is 13.9 Å². The number of hydrogen-bond acceptors (Lipinski definition) is 5. The van der Waals surface area contributed by atoms with Crippen LogP contribution in [0, 0.1) is 12.7 Å². The third kappa shape index (κ3) is 6.29. The molecule has 220 valence electrons. The molecule has 2 amide bonds. The zero-order valence-corrected chi connectivity index (χ0v) is 24.4. The molecule has 2 atom stereocenters. The zero-order chi connectivity index (χ0) is 29.8. The maximum Gasteiger partial charge on any atom is 0.320 e. The molecule has 9 nitrogen and oxygen atoms in total. The van der Waals surface area contributed by atoms with Crippen LogP contribution in [0.3, 0.4) is 0 Å². The van der Waals surface area contributed by atoms with Crippen LogP contribution in [0.2, 0.25) is 0 Å². The molecule has 1 saturated heterocycles. The van der Waals surface area contributed by atoms with Gasteiger partial charge in [-0.15, -0.1) is 0 Å². The molecule has 1 fully saturated rings. The SMILES string of the molecule is COCCN1C[C@@H](NC(=O)Nc2c(C)c(-c3ccc(=O)n(C(C)C)c3)nn2-c2ccccc2)[C@H](c2ccc(F)cc2)C1. The third-order valence-electron chi connectivity index (χ3n) is 7.74. The molecular formula is C32H37FN6O3. The fourth-order valence-electron chi connectivity index (χ4n) is 5.51. The lowest BCUT2D eigenvalue weighted by Crippen LogP contribution is -2.42. The summed E-state index contributed by atoms with van der Waals surface area (Å²) in [5, 5.41) is 11.1. The van der Waals surface area contributed by atoms with Gasteiger partial charge >= 0.3 is 6.03 Å². The second-order valence-corrected chi connectivity index (χ2v) is 10.9. The monoisotopic (exact) mass is 572 g/mol. The Morgan fingerprint density at radius 3 is 2.50 bits per heavy atom. The third-order valence-corrected chi connectivity index (χ3v) is 7.74. The number of nitrogens with one attached hydrogen (secondary N) is 2. The second-order valence-electron chi connectivity index (χ2n) is 10.9. The number of benzene rings is 2. The number of methoxy groups -OCH3 is 1. The average Bonchev–Trinajstić information content (AvgIpc) is 3.53. The first kappa shape index (κ1) is 29.2. The smallest absolute Gasteiger partial charge is 0.320 e. The predicted molar refractivity (Wildman–Crippen MR) is 162 cm³/mol. The van der Waals surface area contributed by atoms with Gasteiger partial charge in [-0.05, 0) is 56.7 Å². The Hall–Kier alpha value is -4.28. The number of hydrogen-bond donors (Lipinski definition) is 2. The van der Waals surface area contributed by atoms with E-state index in [0.717, 1.165) is 35.5 Å². The van der Waals surface area contributed by atoms with Gasteiger partial charge in [0.05, 0.1) is 24.0 Å². The van der Waals surface area contributed by atoms with Crippen molar-refractivity contribution in [3.63, 3.8) is 0 Å². The van der Waals surface area contributed by atoms with Crippen molar-refractivity contribution in [1.82, 2.24) is 24.6 Å². The molecule has 2 aromatic carbocycles. The molecule has 0 aliphatic carbocycles. The highest BCUT2D eigenvalue weighted by Crippen LogP contribution is 2.31. The summed E-state index contributed by atoms with van der Waals surface area (Å²) in [5.41, 5.74) is 3.88. The number of halogens is 1. The molecule has 2 aromatic heterocycles. The van der Waals surface area contributed by atoms with Crippen molar-refractivity contribution >= 4 is 11.8 Å². The largest absolute Gasteiger partial charge is 0.383 e. The van der Waals surface area contributed by atoms with Gasteiger partial charge in [0, 0.05) is 62.1 Å². The number of urea groups is 1. The van der Waals surface area contributed by atoms with Crippen LogP contribution in [-0.4, -0.2) is 64.7 Å². The number of aromatic nitrogens is 3. The summed E-state index contributed by atoms with van der Waals surface area (Å²) >= 11 is 0. The maximum absolute atomic E-state index is 13.7. The van der Waals surface area contributed by atoms with Crippen molar-refractivity contribution in [3.05, 3.63) is 100 Å². The summed E-state index contributed by atoms with van der Waals surface area (Å²) in [4.78, 5) is 28.2. The Bertz CT molecular complexity index is 1580. The fourth-order valence-corrected chi connectivity index (χ4v) is 5.51. The summed E-state index contributed by atoms with van der Waals surface area (Å²) in [6.07, 6.45) is 1.81. The highest BCUT2D eigenvalue weighted by molar-refractivity contribution is 5.91. The van der Waals surface area contributed by atoms with Crippen LogP contribution in [0.5, 0.6) is 0 Å². The first-order valence-electron chi connectivity index (χ1n) is 14.2. The van der Waals surface area contributed by atoms with Gasteiger partial charge in [-0.3, -0.25) is 15.0 Å². The number of pyridine rings is 1. The van der Waals surface area contributed by atoms with Gasteiger partial charge in [0.25, 0.3) is 5.56 Å². The van der Waals surface area contributed by atoms with Gasteiger partial charge in [0.15, 0.2) is 0 Å². The molecular weight excluding hydrogens is 535 g/mol. The van der Waals surface area contributed by atoms with Crippen LogP contribution in [0.15, 0.2) is 77.7 Å². The summed E-state index contributed by atoms with van der Waals surface area (Å²) in [5.74, 6) is 0.226. The minimum absolute atomic E-state index is 0.0127. The highest BCUT2D eigenvalue weighted by atomic mass is 19.1. The van der Waals surface area contributed by atoms with E-state index >= 15 is 0 Å². The van der Waals surface area contributed by atoms with Crippen molar-refractivity contribution in [1.29, 1.82) is 0 Å². The molecule has 4 aromatic rings. The summed E-state index contributed by atoms with van der Waals surface area (Å²) < 4.78 is 22.3. The van der Waals surface area contributed by atoms with Crippen molar-refractivity contribution in [3.8, 4) is 16.9 Å². The Morgan fingerprint density at radius 2 is 1.81 bits per heavy atom. The van der Waals surface area contributed by atoms with E-state index in [9.17, 15) is 14.0 Å². The van der Waals surface area contributed by atoms with Gasteiger partial charge in [-0.2, -0.15) is 5.10 Å². The van der Waals surface area contributed by atoms with E-state index in [2.05, 4.69) is 15.5 Å². The molecule has 2 N–H and O–H groups in total. The van der Waals surface area contributed by atoms with Crippen molar-refractivity contribution < 1.29 is 13.9 Å². The summed E-state index contributed by atoms with van der Waals surface area (Å²) in [7, 11) is 1.67. The molecule has 0 unspecified atom stereocenters. The zero-order valence-electron chi connectivity index (χ0n) is 24.4. The molecule has 0 radical (unpaired) electrons. The van der Waals surface area contributed by atoms with E-state index in [0.29, 0.717) is 24.7 Å². The topological polar surface area (TPSA) is 93.4 Å². The predicted octanol–water partition coefficient (Wildman–Crippen LogP) is 4.97. The quantitative estimate of drug-likeness (QED) is 0.296. The Labute approximate surface area is 244 Å². The lowest BCUT2D eigenvalue weighted by molar-refractivity contribution is 0.159. The molecule has 0 bridgehead atoms. The fraction of sp³-hybridized carbons (Fsp3) is 0.344. The van der Waals surface area contributed by atoms with Crippen LogP contribution >= 0.6 is 0 Å². The molecule has 0 saturated carbocycles. The molecule has 42 heavy (non-hydrogen) atoms. The number of para-hydroxylation sites is 1. The Morgan fingerprint density at radius 1 is 1.07 bits per heavy atom. The van der Waals surface area contributed by atoms with Crippen molar-refractivity contribution in [2.45, 2.75) is 38.8 Å². The van der Waals surface area contributed by atoms with E-state index in [1.807, 2.05) is 57.3 Å². The standard InChI is InChI=1S/C32H37FN6O3/c1-21(2)38-18-24(12-15-29(38)40)30-22(3)31(39(36-30)26-8-6-5-7-9-26)35-32(41)34-28-20-37(16-17-42-4)19-27(28)23-10-13-25(33)14-11-23/h5-15,18,21,27-28H,16-17,19-20H2,1-4H3,(H2,34,35,41)/t27-,28+/m0/s1. The van der Waals surface area contributed by atoms with Crippen LogP contribution in [0.1, 0.15) is 36.9 Å². The van der Waals surface area contributed by atoms with Crippen molar-refractivity contribution in [2.24, 2.45) is 0 Å². The molecule has 3 heterocycles. The average molecular weight is 573 g/mol.